The summed E-state index contributed by atoms with van der Waals surface area (Å²) in [4.78, 5) is 16.8. The zero-order valence-corrected chi connectivity index (χ0v) is 18.9. The summed E-state index contributed by atoms with van der Waals surface area (Å²) in [6.45, 7) is 2.27. The van der Waals surface area contributed by atoms with E-state index >= 15 is 0 Å². The summed E-state index contributed by atoms with van der Waals surface area (Å²) in [5.41, 5.74) is 14.1. The molecule has 3 aromatic heterocycles. The number of azide groups is 1. The molecule has 3 heterocycles. The molecule has 0 aliphatic carbocycles. The van der Waals surface area contributed by atoms with Crippen LogP contribution in [0.25, 0.3) is 38.7 Å². The molecule has 8 nitrogen and oxygen atoms in total. The highest BCUT2D eigenvalue weighted by Gasteiger charge is 2.18. The van der Waals surface area contributed by atoms with Crippen molar-refractivity contribution >= 4 is 11.6 Å². The Bertz CT molecular complexity index is 1520. The smallest absolute Gasteiger partial charge is 0.223 e. The topological polar surface area (TPSA) is 104 Å². The number of hydrogen-bond acceptors (Lipinski definition) is 5. The van der Waals surface area contributed by atoms with Crippen molar-refractivity contribution in [1.29, 1.82) is 0 Å². The van der Waals surface area contributed by atoms with Crippen molar-refractivity contribution in [2.45, 2.75) is 19.5 Å². The molecule has 9 heteroatoms. The molecule has 0 fully saturated rings. The average molecular weight is 465 g/mol. The fraction of sp³-hybridized carbons (Fsp3) is 0.115. The monoisotopic (exact) mass is 464 g/mol. The molecule has 0 unspecified atom stereocenters. The summed E-state index contributed by atoms with van der Waals surface area (Å²) < 4.78 is 15.5. The Morgan fingerprint density at radius 2 is 1.86 bits per heavy atom. The van der Waals surface area contributed by atoms with Gasteiger partial charge in [-0.2, -0.15) is 0 Å². The van der Waals surface area contributed by atoms with Crippen LogP contribution in [0.5, 0.6) is 0 Å². The number of anilines is 1. The van der Waals surface area contributed by atoms with Gasteiger partial charge in [-0.15, -0.1) is 0 Å². The van der Waals surface area contributed by atoms with Crippen LogP contribution in [0.1, 0.15) is 24.1 Å². The third-order valence-corrected chi connectivity index (χ3v) is 5.67. The number of halogens is 1. The first-order valence-electron chi connectivity index (χ1n) is 11.0. The molecule has 0 saturated carbocycles. The Hall–Kier alpha value is -4.75. The molecule has 5 aromatic rings. The molecular weight excluding hydrogens is 443 g/mol. The summed E-state index contributed by atoms with van der Waals surface area (Å²) in [7, 11) is 0. The first-order chi connectivity index (χ1) is 17.1. The maximum Gasteiger partial charge on any atom is 0.223 e. The van der Waals surface area contributed by atoms with Gasteiger partial charge in [0, 0.05) is 22.9 Å². The fourth-order valence-corrected chi connectivity index (χ4v) is 3.93. The van der Waals surface area contributed by atoms with Crippen LogP contribution < -0.4 is 5.32 Å². The van der Waals surface area contributed by atoms with Gasteiger partial charge >= 0.3 is 0 Å². The van der Waals surface area contributed by atoms with Crippen LogP contribution >= 0.6 is 0 Å². The first kappa shape index (κ1) is 22.1. The van der Waals surface area contributed by atoms with Crippen LogP contribution in [-0.2, 0) is 6.54 Å². The number of fused-ring (bicyclic) bond motifs is 1. The Balaban J connectivity index is 1.60. The van der Waals surface area contributed by atoms with Gasteiger partial charge in [0.15, 0.2) is 0 Å². The maximum absolute atomic E-state index is 13.6. The van der Waals surface area contributed by atoms with Crippen LogP contribution in [-0.4, -0.2) is 19.4 Å². The largest absolute Gasteiger partial charge is 0.348 e. The number of pyridine rings is 1. The molecule has 0 aliphatic rings. The number of hydrogen-bond donors (Lipinski definition) is 1. The van der Waals surface area contributed by atoms with Gasteiger partial charge in [0.05, 0.1) is 29.7 Å². The second kappa shape index (κ2) is 9.62. The van der Waals surface area contributed by atoms with Crippen LogP contribution in [0, 0.1) is 5.82 Å². The Kier molecular flexibility index (Phi) is 6.07. The van der Waals surface area contributed by atoms with Gasteiger partial charge < -0.3 is 5.32 Å². The lowest BCUT2D eigenvalue weighted by Crippen LogP contribution is -2.09. The van der Waals surface area contributed by atoms with E-state index in [-0.39, 0.29) is 18.4 Å². The number of aromatic nitrogens is 4. The van der Waals surface area contributed by atoms with Gasteiger partial charge in [0.25, 0.3) is 0 Å². The summed E-state index contributed by atoms with van der Waals surface area (Å²) in [5, 5.41) is 7.00. The van der Waals surface area contributed by atoms with Crippen LogP contribution in [0.4, 0.5) is 10.3 Å². The lowest BCUT2D eigenvalue weighted by molar-refractivity contribution is 0.628. The van der Waals surface area contributed by atoms with E-state index in [1.807, 2.05) is 59.1 Å². The highest BCUT2D eigenvalue weighted by atomic mass is 19.1. The van der Waals surface area contributed by atoms with E-state index in [1.165, 1.54) is 12.1 Å². The third kappa shape index (κ3) is 4.66. The zero-order chi connectivity index (χ0) is 24.2. The van der Waals surface area contributed by atoms with Gasteiger partial charge in [-0.1, -0.05) is 35.4 Å². The number of rotatable bonds is 7. The number of nitrogens with one attached hydrogen (secondary N) is 1. The molecule has 0 bridgehead atoms. The number of benzene rings is 2. The Labute approximate surface area is 200 Å². The minimum Gasteiger partial charge on any atom is -0.348 e. The molecule has 0 amide bonds. The average Bonchev–Trinajstić information content (AvgIpc) is 3.27. The Morgan fingerprint density at radius 3 is 2.63 bits per heavy atom. The highest BCUT2D eigenvalue weighted by Crippen LogP contribution is 2.33. The lowest BCUT2D eigenvalue weighted by Gasteiger charge is -2.15. The summed E-state index contributed by atoms with van der Waals surface area (Å²) in [5.74, 6) is 0.165. The molecule has 1 N–H and O–H groups in total. The van der Waals surface area contributed by atoms with Gasteiger partial charge in [-0.3, -0.25) is 4.40 Å². The van der Waals surface area contributed by atoms with E-state index in [9.17, 15) is 4.39 Å². The Morgan fingerprint density at radius 1 is 1.06 bits per heavy atom. The van der Waals surface area contributed by atoms with E-state index < -0.39 is 0 Å². The van der Waals surface area contributed by atoms with Crippen molar-refractivity contribution in [3.8, 4) is 22.6 Å². The molecule has 35 heavy (non-hydrogen) atoms. The summed E-state index contributed by atoms with van der Waals surface area (Å²) in [6, 6.07) is 21.8. The minimum absolute atomic E-state index is 0.00782. The van der Waals surface area contributed by atoms with Crippen molar-refractivity contribution < 1.29 is 4.39 Å². The SMILES string of the molecule is C[C@@H](Nc1nccc(-c2c(-c3ccc(F)cc3)nc3cc(CN=[N+]=[N-])ccn23)n1)c1ccccc1. The van der Waals surface area contributed by atoms with Gasteiger partial charge in [-0.25, -0.2) is 19.3 Å². The molecular formula is C26H21FN8. The van der Waals surface area contributed by atoms with Gasteiger partial charge in [0.2, 0.25) is 5.95 Å². The quantitative estimate of drug-likeness (QED) is 0.167. The maximum atomic E-state index is 13.6. The van der Waals surface area contributed by atoms with Crippen molar-refractivity contribution in [3.05, 3.63) is 113 Å². The van der Waals surface area contributed by atoms with Gasteiger partial charge in [0.1, 0.15) is 11.5 Å². The van der Waals surface area contributed by atoms with Crippen LogP contribution in [0.15, 0.2) is 90.3 Å². The molecule has 0 saturated heterocycles. The molecule has 0 spiro atoms. The standard InChI is InChI=1S/C26H21FN8/c1-17(19-5-3-2-4-6-19)31-26-29-13-11-22(32-26)25-24(20-7-9-21(27)10-8-20)33-23-15-18(16-30-34-28)12-14-35(23)25/h2-15,17H,16H2,1H3,(H,29,31,32)/t17-/m1/s1. The van der Waals surface area contributed by atoms with Crippen LogP contribution in [0.3, 0.4) is 0 Å². The molecule has 5 rings (SSSR count). The van der Waals surface area contributed by atoms with E-state index in [0.717, 1.165) is 22.4 Å². The lowest BCUT2D eigenvalue weighted by atomic mass is 10.1. The normalized spacial score (nSPS) is 11.7. The zero-order valence-electron chi connectivity index (χ0n) is 18.9. The van der Waals surface area contributed by atoms with Crippen molar-refractivity contribution in [3.63, 3.8) is 0 Å². The number of nitrogens with zero attached hydrogens (tertiary/aromatic N) is 7. The third-order valence-electron chi connectivity index (χ3n) is 5.67. The minimum atomic E-state index is -0.320. The van der Waals surface area contributed by atoms with E-state index in [2.05, 4.69) is 27.3 Å². The molecule has 0 aliphatic heterocycles. The predicted molar refractivity (Wildman–Crippen MR) is 133 cm³/mol. The van der Waals surface area contributed by atoms with Gasteiger partial charge in [-0.05, 0) is 66.0 Å². The predicted octanol–water partition coefficient (Wildman–Crippen LogP) is 6.58. The van der Waals surface area contributed by atoms with Crippen molar-refractivity contribution in [2.75, 3.05) is 5.32 Å². The van der Waals surface area contributed by atoms with Crippen molar-refractivity contribution in [2.24, 2.45) is 5.11 Å². The van der Waals surface area contributed by atoms with E-state index in [4.69, 9.17) is 15.5 Å². The highest BCUT2D eigenvalue weighted by molar-refractivity contribution is 5.80. The van der Waals surface area contributed by atoms with E-state index in [0.29, 0.717) is 23.0 Å². The van der Waals surface area contributed by atoms with Crippen LogP contribution in [0.2, 0.25) is 0 Å². The second-order valence-electron chi connectivity index (χ2n) is 8.01. The molecule has 2 aromatic carbocycles. The van der Waals surface area contributed by atoms with Crippen molar-refractivity contribution in [1.82, 2.24) is 19.4 Å². The fourth-order valence-electron chi connectivity index (χ4n) is 3.93. The number of imidazole rings is 1. The molecule has 172 valence electrons. The molecule has 1 atom stereocenters. The summed E-state index contributed by atoms with van der Waals surface area (Å²) in [6.07, 6.45) is 3.57. The van der Waals surface area contributed by atoms with E-state index in [1.54, 1.807) is 18.3 Å². The first-order valence-corrected chi connectivity index (χ1v) is 11.0. The second-order valence-corrected chi connectivity index (χ2v) is 8.01. The molecule has 0 radical (unpaired) electrons. The summed E-state index contributed by atoms with van der Waals surface area (Å²) >= 11 is 0.